The van der Waals surface area contributed by atoms with E-state index in [4.69, 9.17) is 0 Å². The number of nitrogens with one attached hydrogen (secondary N) is 3. The van der Waals surface area contributed by atoms with E-state index in [2.05, 4.69) is 20.9 Å². The number of rotatable bonds is 4. The summed E-state index contributed by atoms with van der Waals surface area (Å²) in [4.78, 5) is 39.7. The van der Waals surface area contributed by atoms with Crippen LogP contribution < -0.4 is 16.0 Å². The number of fused-ring (bicyclic) bond motifs is 1. The fraction of sp³-hybridized carbons (Fsp3) is 0.100. The molecule has 0 aliphatic rings. The molecule has 136 valence electrons. The smallest absolute Gasteiger partial charge is 0.256 e. The molecule has 0 fully saturated rings. The van der Waals surface area contributed by atoms with Crippen molar-refractivity contribution < 1.29 is 14.4 Å². The number of nitrogens with zero attached hydrogens (tertiary/aromatic N) is 1. The highest BCUT2D eigenvalue weighted by Crippen LogP contribution is 2.21. The van der Waals surface area contributed by atoms with Crippen molar-refractivity contribution in [2.45, 2.75) is 13.8 Å². The predicted molar refractivity (Wildman–Crippen MR) is 105 cm³/mol. The van der Waals surface area contributed by atoms with Gasteiger partial charge >= 0.3 is 0 Å². The zero-order chi connectivity index (χ0) is 19.4. The van der Waals surface area contributed by atoms with Crippen LogP contribution in [-0.4, -0.2) is 22.7 Å². The van der Waals surface area contributed by atoms with E-state index in [0.29, 0.717) is 17.2 Å². The number of amides is 3. The molecule has 3 amide bonds. The Morgan fingerprint density at radius 2 is 1.41 bits per heavy atom. The Morgan fingerprint density at radius 1 is 0.778 bits per heavy atom. The number of pyridine rings is 1. The van der Waals surface area contributed by atoms with Crippen LogP contribution in [0.15, 0.2) is 54.6 Å². The fourth-order valence-corrected chi connectivity index (χ4v) is 2.63. The van der Waals surface area contributed by atoms with Crippen LogP contribution in [0.5, 0.6) is 0 Å². The summed E-state index contributed by atoms with van der Waals surface area (Å²) >= 11 is 0. The third-order valence-corrected chi connectivity index (χ3v) is 3.68. The maximum Gasteiger partial charge on any atom is 0.256 e. The molecule has 0 saturated heterocycles. The molecule has 2 aromatic carbocycles. The van der Waals surface area contributed by atoms with Crippen LogP contribution in [0.2, 0.25) is 0 Å². The second-order valence-electron chi connectivity index (χ2n) is 6.00. The SMILES string of the molecule is CC(=O)Nc1cc(NC(C)=O)cc(C(=O)Nc2ccc3ccccc3n2)c1. The molecule has 0 unspecified atom stereocenters. The Hall–Kier alpha value is -3.74. The Bertz CT molecular complexity index is 1010. The summed E-state index contributed by atoms with van der Waals surface area (Å²) in [5.41, 5.74) is 1.86. The molecule has 27 heavy (non-hydrogen) atoms. The van der Waals surface area contributed by atoms with Crippen LogP contribution in [0.1, 0.15) is 24.2 Å². The number of carbonyl (C=O) groups excluding carboxylic acids is 3. The average Bonchev–Trinajstić information content (AvgIpc) is 2.60. The zero-order valence-corrected chi connectivity index (χ0v) is 14.9. The Morgan fingerprint density at radius 3 is 2.04 bits per heavy atom. The van der Waals surface area contributed by atoms with E-state index >= 15 is 0 Å². The zero-order valence-electron chi connectivity index (χ0n) is 14.9. The first-order valence-corrected chi connectivity index (χ1v) is 8.28. The largest absolute Gasteiger partial charge is 0.326 e. The summed E-state index contributed by atoms with van der Waals surface area (Å²) in [6.45, 7) is 2.73. The van der Waals surface area contributed by atoms with E-state index in [1.165, 1.54) is 26.0 Å². The third kappa shape index (κ3) is 4.66. The third-order valence-electron chi connectivity index (χ3n) is 3.68. The molecular formula is C20H18N4O3. The van der Waals surface area contributed by atoms with Gasteiger partial charge in [0.25, 0.3) is 5.91 Å². The van der Waals surface area contributed by atoms with E-state index in [0.717, 1.165) is 10.9 Å². The summed E-state index contributed by atoms with van der Waals surface area (Å²) in [7, 11) is 0. The van der Waals surface area contributed by atoms with Gasteiger partial charge in [-0.05, 0) is 36.4 Å². The van der Waals surface area contributed by atoms with Gasteiger partial charge < -0.3 is 16.0 Å². The monoisotopic (exact) mass is 362 g/mol. The molecule has 3 rings (SSSR count). The Balaban J connectivity index is 1.89. The summed E-state index contributed by atoms with van der Waals surface area (Å²) in [6.07, 6.45) is 0. The topological polar surface area (TPSA) is 100 Å². The molecule has 7 nitrogen and oxygen atoms in total. The molecule has 3 aromatic rings. The first kappa shape index (κ1) is 18.1. The quantitative estimate of drug-likeness (QED) is 0.662. The van der Waals surface area contributed by atoms with Crippen molar-refractivity contribution in [2.75, 3.05) is 16.0 Å². The normalized spacial score (nSPS) is 10.3. The number of anilines is 3. The molecule has 0 saturated carbocycles. The van der Waals surface area contributed by atoms with Crippen LogP contribution in [0.25, 0.3) is 10.9 Å². The van der Waals surface area contributed by atoms with E-state index in [1.807, 2.05) is 30.3 Å². The first-order chi connectivity index (χ1) is 12.9. The number of hydrogen-bond acceptors (Lipinski definition) is 4. The molecule has 7 heteroatoms. The Labute approximate surface area is 155 Å². The summed E-state index contributed by atoms with van der Waals surface area (Å²) < 4.78 is 0. The average molecular weight is 362 g/mol. The van der Waals surface area contributed by atoms with Crippen LogP contribution in [0, 0.1) is 0 Å². The van der Waals surface area contributed by atoms with Gasteiger partial charge in [0, 0.05) is 36.2 Å². The summed E-state index contributed by atoms with van der Waals surface area (Å²) in [6, 6.07) is 15.8. The number of benzene rings is 2. The minimum absolute atomic E-state index is 0.278. The lowest BCUT2D eigenvalue weighted by Crippen LogP contribution is -2.15. The lowest BCUT2D eigenvalue weighted by atomic mass is 10.1. The number of aromatic nitrogens is 1. The molecule has 0 aliphatic heterocycles. The van der Waals surface area contributed by atoms with Crippen molar-refractivity contribution in [3.63, 3.8) is 0 Å². The molecular weight excluding hydrogens is 344 g/mol. The molecule has 0 spiro atoms. The first-order valence-electron chi connectivity index (χ1n) is 8.28. The van der Waals surface area contributed by atoms with Gasteiger partial charge in [0.05, 0.1) is 5.52 Å². The van der Waals surface area contributed by atoms with Gasteiger partial charge in [0.2, 0.25) is 11.8 Å². The predicted octanol–water partition coefficient (Wildman–Crippen LogP) is 3.40. The van der Waals surface area contributed by atoms with Crippen LogP contribution in [-0.2, 0) is 9.59 Å². The van der Waals surface area contributed by atoms with Crippen LogP contribution >= 0.6 is 0 Å². The molecule has 3 N–H and O–H groups in total. The van der Waals surface area contributed by atoms with Crippen LogP contribution in [0.3, 0.4) is 0 Å². The second kappa shape index (κ2) is 7.65. The van der Waals surface area contributed by atoms with E-state index in [1.54, 1.807) is 12.1 Å². The molecule has 1 aromatic heterocycles. The number of para-hydroxylation sites is 1. The number of carbonyl (C=O) groups is 3. The number of hydrogen-bond donors (Lipinski definition) is 3. The van der Waals surface area contributed by atoms with Crippen molar-refractivity contribution in [1.29, 1.82) is 0 Å². The molecule has 0 atom stereocenters. The van der Waals surface area contributed by atoms with E-state index in [9.17, 15) is 14.4 Å². The van der Waals surface area contributed by atoms with E-state index in [-0.39, 0.29) is 17.4 Å². The molecule has 0 bridgehead atoms. The van der Waals surface area contributed by atoms with Gasteiger partial charge in [-0.3, -0.25) is 14.4 Å². The highest BCUT2D eigenvalue weighted by Gasteiger charge is 2.12. The highest BCUT2D eigenvalue weighted by molar-refractivity contribution is 6.06. The van der Waals surface area contributed by atoms with Crippen LogP contribution in [0.4, 0.5) is 17.2 Å². The summed E-state index contributed by atoms with van der Waals surface area (Å²) in [5, 5.41) is 8.94. The lowest BCUT2D eigenvalue weighted by Gasteiger charge is -2.11. The van der Waals surface area contributed by atoms with Gasteiger partial charge in [0.1, 0.15) is 5.82 Å². The summed E-state index contributed by atoms with van der Waals surface area (Å²) in [5.74, 6) is -0.559. The molecule has 0 radical (unpaired) electrons. The van der Waals surface area contributed by atoms with Crippen molar-refractivity contribution in [2.24, 2.45) is 0 Å². The maximum absolute atomic E-state index is 12.6. The second-order valence-corrected chi connectivity index (χ2v) is 6.00. The minimum Gasteiger partial charge on any atom is -0.326 e. The van der Waals surface area contributed by atoms with Gasteiger partial charge in [-0.2, -0.15) is 0 Å². The van der Waals surface area contributed by atoms with Crippen molar-refractivity contribution in [1.82, 2.24) is 4.98 Å². The maximum atomic E-state index is 12.6. The fourth-order valence-electron chi connectivity index (χ4n) is 2.63. The van der Waals surface area contributed by atoms with Gasteiger partial charge in [-0.15, -0.1) is 0 Å². The van der Waals surface area contributed by atoms with E-state index < -0.39 is 5.91 Å². The van der Waals surface area contributed by atoms with Crippen molar-refractivity contribution in [3.05, 3.63) is 60.2 Å². The van der Waals surface area contributed by atoms with Crippen molar-refractivity contribution in [3.8, 4) is 0 Å². The lowest BCUT2D eigenvalue weighted by molar-refractivity contribution is -0.115. The van der Waals surface area contributed by atoms with Gasteiger partial charge in [0.15, 0.2) is 0 Å². The van der Waals surface area contributed by atoms with Gasteiger partial charge in [-0.1, -0.05) is 18.2 Å². The molecule has 1 heterocycles. The highest BCUT2D eigenvalue weighted by atomic mass is 16.2. The standard InChI is InChI=1S/C20H18N4O3/c1-12(25)21-16-9-15(10-17(11-16)22-13(2)26)20(27)24-19-8-7-14-5-3-4-6-18(14)23-19/h3-11H,1-2H3,(H,21,25)(H,22,26)(H,23,24,27). The molecule has 0 aliphatic carbocycles. The minimum atomic E-state index is -0.406. The van der Waals surface area contributed by atoms with Gasteiger partial charge in [-0.25, -0.2) is 4.98 Å². The Kier molecular flexibility index (Phi) is 5.12. The van der Waals surface area contributed by atoms with Crippen molar-refractivity contribution >= 4 is 45.8 Å².